The van der Waals surface area contributed by atoms with Crippen molar-refractivity contribution in [2.75, 3.05) is 19.6 Å². The number of hydrogen-bond donors (Lipinski definition) is 1. The van der Waals surface area contributed by atoms with Gasteiger partial charge in [-0.05, 0) is 54.7 Å². The van der Waals surface area contributed by atoms with Gasteiger partial charge in [0.05, 0.1) is 22.0 Å². The predicted molar refractivity (Wildman–Crippen MR) is 154 cm³/mol. The second kappa shape index (κ2) is 14.3. The van der Waals surface area contributed by atoms with E-state index < -0.39 is 34.2 Å². The molecule has 4 rings (SSSR count). The molecule has 15 heteroatoms. The van der Waals surface area contributed by atoms with Crippen molar-refractivity contribution in [3.8, 4) is 0 Å². The summed E-state index contributed by atoms with van der Waals surface area (Å²) in [5, 5.41) is 32.8. The maximum atomic E-state index is 13.1. The van der Waals surface area contributed by atoms with Gasteiger partial charge in [-0.1, -0.05) is 11.8 Å². The topological polar surface area (TPSA) is 183 Å². The van der Waals surface area contributed by atoms with E-state index in [-0.39, 0.29) is 54.0 Å². The molecule has 14 nitrogen and oxygen atoms in total. The van der Waals surface area contributed by atoms with Crippen LogP contribution in [0.3, 0.4) is 0 Å². The molecule has 0 aliphatic carbocycles. The predicted octanol–water partition coefficient (Wildman–Crippen LogP) is 4.27. The summed E-state index contributed by atoms with van der Waals surface area (Å²) >= 11 is 1.10. The number of thioether (sulfide) groups is 1. The number of nitro groups is 2. The highest BCUT2D eigenvalue weighted by atomic mass is 32.2. The lowest BCUT2D eigenvalue weighted by molar-refractivity contribution is -0.385. The molecule has 230 valence electrons. The number of carbonyl (C=O) groups is 3. The number of nitrogens with zero attached hydrogens (tertiary/aromatic N) is 4. The van der Waals surface area contributed by atoms with Crippen molar-refractivity contribution in [1.82, 2.24) is 9.80 Å². The van der Waals surface area contributed by atoms with Gasteiger partial charge in [0.25, 0.3) is 11.4 Å². The average molecular weight is 617 g/mol. The normalized spacial score (nSPS) is 20.7. The molecule has 1 N–H and O–H groups in total. The minimum absolute atomic E-state index is 0.0666. The molecule has 2 unspecified atom stereocenters. The fourth-order valence-corrected chi connectivity index (χ4v) is 6.34. The van der Waals surface area contributed by atoms with E-state index >= 15 is 0 Å². The van der Waals surface area contributed by atoms with Crippen LogP contribution in [0, 0.1) is 26.1 Å². The highest BCUT2D eigenvalue weighted by molar-refractivity contribution is 8.14. The van der Waals surface area contributed by atoms with Gasteiger partial charge in [0.2, 0.25) is 0 Å². The van der Waals surface area contributed by atoms with Crippen molar-refractivity contribution in [1.29, 1.82) is 0 Å². The molecule has 0 saturated carbocycles. The Labute approximate surface area is 251 Å². The van der Waals surface area contributed by atoms with Gasteiger partial charge in [-0.2, -0.15) is 0 Å². The van der Waals surface area contributed by atoms with E-state index in [9.17, 15) is 39.7 Å². The number of non-ortho nitro benzene ring substituents is 2. The molecule has 0 bridgehead atoms. The van der Waals surface area contributed by atoms with Crippen LogP contribution in [0.2, 0.25) is 0 Å². The summed E-state index contributed by atoms with van der Waals surface area (Å²) in [6.45, 7) is 2.06. The number of nitro benzene ring substituents is 2. The van der Waals surface area contributed by atoms with Crippen LogP contribution in [0.25, 0.3) is 0 Å². The van der Waals surface area contributed by atoms with E-state index in [1.54, 1.807) is 0 Å². The molecule has 2 aromatic rings. The van der Waals surface area contributed by atoms with Crippen molar-refractivity contribution in [3.05, 3.63) is 79.9 Å². The highest BCUT2D eigenvalue weighted by Crippen LogP contribution is 2.34. The fraction of sp³-hybridized carbons (Fsp3) is 0.464. The zero-order valence-corrected chi connectivity index (χ0v) is 24.2. The Morgan fingerprint density at radius 2 is 1.47 bits per heavy atom. The summed E-state index contributed by atoms with van der Waals surface area (Å²) in [6.07, 6.45) is -0.679. The summed E-state index contributed by atoms with van der Waals surface area (Å²) in [5.74, 6) is -0.364. The molecule has 43 heavy (non-hydrogen) atoms. The molecule has 4 atom stereocenters. The monoisotopic (exact) mass is 616 g/mol. The molecule has 0 aromatic heterocycles. The molecule has 0 spiro atoms. The molecule has 2 aromatic carbocycles. The second-order valence-electron chi connectivity index (χ2n) is 10.5. The minimum atomic E-state index is -1.00. The number of aliphatic hydroxyl groups is 1. The maximum absolute atomic E-state index is 13.1. The first-order chi connectivity index (χ1) is 20.5. The van der Waals surface area contributed by atoms with Gasteiger partial charge >= 0.3 is 12.2 Å². The largest absolute Gasteiger partial charge is 0.445 e. The van der Waals surface area contributed by atoms with Crippen LogP contribution in [0.5, 0.6) is 0 Å². The summed E-state index contributed by atoms with van der Waals surface area (Å²) in [6, 6.07) is 10.7. The quantitative estimate of drug-likeness (QED) is 0.314. The molecular formula is C28H32N4O10S. The standard InChI is InChI=1S/C28H32N4O10S/c1-18(33)43-24-13-25(30(15-24)28(36)42-17-20-6-10-23(11-7-20)32(39)40)26(34)21-3-2-12-29(14-21)27(35)41-16-19-4-8-22(9-5-19)31(37)38/h4-11,21,24-26,34H,2-3,12-17H2,1H3/t21?,24-,25-,26?/m0/s1. The van der Waals surface area contributed by atoms with Crippen molar-refractivity contribution in [3.63, 3.8) is 0 Å². The van der Waals surface area contributed by atoms with E-state index in [4.69, 9.17) is 9.47 Å². The first kappa shape index (κ1) is 31.7. The Balaban J connectivity index is 1.36. The molecule has 2 heterocycles. The number of piperidine rings is 1. The van der Waals surface area contributed by atoms with Crippen LogP contribution in [0.4, 0.5) is 21.0 Å². The number of ether oxygens (including phenoxy) is 2. The van der Waals surface area contributed by atoms with Crippen LogP contribution in [0.1, 0.15) is 37.3 Å². The lowest BCUT2D eigenvalue weighted by atomic mass is 9.88. The minimum Gasteiger partial charge on any atom is -0.445 e. The third kappa shape index (κ3) is 8.41. The molecule has 2 fully saturated rings. The van der Waals surface area contributed by atoms with E-state index in [0.29, 0.717) is 36.9 Å². The first-order valence-electron chi connectivity index (χ1n) is 13.7. The van der Waals surface area contributed by atoms with Crippen LogP contribution < -0.4 is 0 Å². The number of likely N-dealkylation sites (tertiary alicyclic amines) is 2. The van der Waals surface area contributed by atoms with Gasteiger partial charge in [-0.3, -0.25) is 25.0 Å². The molecular weight excluding hydrogens is 584 g/mol. The van der Waals surface area contributed by atoms with E-state index in [0.717, 1.165) is 11.8 Å². The number of amides is 2. The Morgan fingerprint density at radius 3 is 1.98 bits per heavy atom. The number of carbonyl (C=O) groups excluding carboxylic acids is 3. The number of rotatable bonds is 9. The van der Waals surface area contributed by atoms with Crippen molar-refractivity contribution in [2.24, 2.45) is 5.92 Å². The summed E-state index contributed by atoms with van der Waals surface area (Å²) < 4.78 is 10.9. The lowest BCUT2D eigenvalue weighted by Gasteiger charge is -2.38. The Kier molecular flexibility index (Phi) is 10.5. The second-order valence-corrected chi connectivity index (χ2v) is 12.0. The van der Waals surface area contributed by atoms with Gasteiger partial charge in [0.1, 0.15) is 13.2 Å². The zero-order valence-electron chi connectivity index (χ0n) is 23.4. The van der Waals surface area contributed by atoms with Crippen molar-refractivity contribution < 1.29 is 38.8 Å². The SMILES string of the molecule is CC(=O)S[C@H]1C[C@@H](C(O)C2CCCN(C(=O)OCc3ccc([N+](=O)[O-])cc3)C2)N(C(=O)OCc2ccc([N+](=O)[O-])cc2)C1. The molecule has 2 aliphatic rings. The Morgan fingerprint density at radius 1 is 0.930 bits per heavy atom. The summed E-state index contributed by atoms with van der Waals surface area (Å²) in [7, 11) is 0. The fourth-order valence-electron chi connectivity index (χ4n) is 5.34. The van der Waals surface area contributed by atoms with Gasteiger partial charge < -0.3 is 24.4 Å². The molecule has 0 radical (unpaired) electrons. The summed E-state index contributed by atoms with van der Waals surface area (Å²) in [4.78, 5) is 61.4. The highest BCUT2D eigenvalue weighted by Gasteiger charge is 2.44. The van der Waals surface area contributed by atoms with Crippen molar-refractivity contribution >= 4 is 40.4 Å². The number of benzene rings is 2. The Hall–Kier alpha value is -4.24. The zero-order chi connectivity index (χ0) is 31.1. The Bertz CT molecular complexity index is 1340. The smallest absolute Gasteiger partial charge is 0.410 e. The van der Waals surface area contributed by atoms with E-state index in [2.05, 4.69) is 0 Å². The third-order valence-corrected chi connectivity index (χ3v) is 8.49. The molecule has 2 saturated heterocycles. The van der Waals surface area contributed by atoms with Gasteiger partial charge in [0, 0.05) is 62.0 Å². The molecule has 2 amide bonds. The third-order valence-electron chi connectivity index (χ3n) is 7.48. The first-order valence-corrected chi connectivity index (χ1v) is 14.6. The van der Waals surface area contributed by atoms with Crippen LogP contribution in [0.15, 0.2) is 48.5 Å². The van der Waals surface area contributed by atoms with Crippen LogP contribution in [-0.2, 0) is 27.5 Å². The number of aliphatic hydroxyl groups excluding tert-OH is 1. The van der Waals surface area contributed by atoms with Gasteiger partial charge in [-0.15, -0.1) is 0 Å². The average Bonchev–Trinajstić information content (AvgIpc) is 3.41. The molecule has 2 aliphatic heterocycles. The van der Waals surface area contributed by atoms with Crippen LogP contribution >= 0.6 is 11.8 Å². The summed E-state index contributed by atoms with van der Waals surface area (Å²) in [5.41, 5.74) is 0.997. The van der Waals surface area contributed by atoms with Gasteiger partial charge in [-0.25, -0.2) is 9.59 Å². The van der Waals surface area contributed by atoms with Crippen LogP contribution in [-0.4, -0.2) is 79.1 Å². The maximum Gasteiger partial charge on any atom is 0.410 e. The van der Waals surface area contributed by atoms with E-state index in [1.165, 1.54) is 65.3 Å². The van der Waals surface area contributed by atoms with Gasteiger partial charge in [0.15, 0.2) is 5.12 Å². The number of hydrogen-bond acceptors (Lipinski definition) is 11. The van der Waals surface area contributed by atoms with E-state index in [1.807, 2.05) is 0 Å². The van der Waals surface area contributed by atoms with Crippen molar-refractivity contribution in [2.45, 2.75) is 56.8 Å². The lowest BCUT2D eigenvalue weighted by Crippen LogP contribution is -2.51.